The number of nitrogens with one attached hydrogen (secondary N) is 2. The average Bonchev–Trinajstić information content (AvgIpc) is 3.44. The zero-order chi connectivity index (χ0) is 26.3. The molecule has 7 nitrogen and oxygen atoms in total. The van der Waals surface area contributed by atoms with E-state index >= 15 is 0 Å². The molecule has 1 aliphatic heterocycles. The van der Waals surface area contributed by atoms with Crippen molar-refractivity contribution in [3.63, 3.8) is 0 Å². The van der Waals surface area contributed by atoms with Gasteiger partial charge in [-0.05, 0) is 50.7 Å². The van der Waals surface area contributed by atoms with Crippen LogP contribution >= 0.6 is 11.3 Å². The van der Waals surface area contributed by atoms with Gasteiger partial charge in [0.15, 0.2) is 6.04 Å². The largest absolute Gasteiger partial charge is 0.462 e. The number of ether oxygens (including phenoxy) is 1. The van der Waals surface area contributed by atoms with Crippen molar-refractivity contribution in [2.24, 2.45) is 0 Å². The molecule has 2 aromatic heterocycles. The molecule has 2 N–H and O–H groups in total. The van der Waals surface area contributed by atoms with Gasteiger partial charge in [-0.15, -0.1) is 11.3 Å². The molecule has 1 amide bonds. The lowest BCUT2D eigenvalue weighted by Gasteiger charge is -2.34. The van der Waals surface area contributed by atoms with Gasteiger partial charge in [0, 0.05) is 11.3 Å². The number of aryl methyl sites for hydroxylation is 2. The summed E-state index contributed by atoms with van der Waals surface area (Å²) in [5.41, 5.74) is 2.89. The van der Waals surface area contributed by atoms with Crippen LogP contribution in [0.3, 0.4) is 0 Å². The Bertz CT molecular complexity index is 1330. The smallest absolute Gasteiger partial charge is 0.410 e. The van der Waals surface area contributed by atoms with Crippen LogP contribution in [-0.2, 0) is 17.6 Å². The summed E-state index contributed by atoms with van der Waals surface area (Å²) in [7, 11) is 0. The van der Waals surface area contributed by atoms with E-state index in [0.717, 1.165) is 46.1 Å². The van der Waals surface area contributed by atoms with Crippen LogP contribution in [0.5, 0.6) is 0 Å². The van der Waals surface area contributed by atoms with Gasteiger partial charge in [0.25, 0.3) is 5.91 Å². The van der Waals surface area contributed by atoms with Crippen molar-refractivity contribution in [2.45, 2.75) is 64.2 Å². The first-order chi connectivity index (χ1) is 17.7. The molecule has 196 valence electrons. The molecule has 5 rings (SSSR count). The summed E-state index contributed by atoms with van der Waals surface area (Å²) >= 11 is 1.32. The van der Waals surface area contributed by atoms with Crippen molar-refractivity contribution in [1.29, 1.82) is 0 Å². The number of hydrogen-bond donors (Lipinski definition) is 2. The number of fused-ring (bicyclic) bond motifs is 2. The van der Waals surface area contributed by atoms with Crippen LogP contribution in [0.4, 0.5) is 24.0 Å². The Kier molecular flexibility index (Phi) is 6.74. The van der Waals surface area contributed by atoms with Crippen LogP contribution in [0.2, 0.25) is 0 Å². The molecular formula is C26H27F3N4O3S. The molecule has 0 fully saturated rings. The van der Waals surface area contributed by atoms with Gasteiger partial charge in [0.05, 0.1) is 24.4 Å². The third-order valence-corrected chi connectivity index (χ3v) is 8.05. The Morgan fingerprint density at radius 1 is 1.22 bits per heavy atom. The standard InChI is InChI=1S/C26H27F3N4O3S/c1-3-36-25(35)21-16-6-4-5-7-19(16)37-24(21)32-23(34)17-13-30-33-20(26(27,28)29)12-18(31-22(17)33)15-10-8-14(2)9-11-15/h8-11,13,18,20,31H,3-7,12H2,1-2H3,(H,32,34)/t18-,20-/m1/s1. The Labute approximate surface area is 216 Å². The molecule has 0 bridgehead atoms. The molecule has 3 aromatic rings. The summed E-state index contributed by atoms with van der Waals surface area (Å²) in [6.07, 6.45) is -0.223. The van der Waals surface area contributed by atoms with Gasteiger partial charge in [0.1, 0.15) is 16.4 Å². The number of carbonyl (C=O) groups is 2. The number of carbonyl (C=O) groups excluding carboxylic acids is 2. The lowest BCUT2D eigenvalue weighted by atomic mass is 9.95. The van der Waals surface area contributed by atoms with Crippen molar-refractivity contribution in [3.05, 3.63) is 63.2 Å². The van der Waals surface area contributed by atoms with E-state index in [4.69, 9.17) is 4.74 Å². The number of alkyl halides is 3. The monoisotopic (exact) mass is 532 g/mol. The number of esters is 1. The number of benzene rings is 1. The zero-order valence-electron chi connectivity index (χ0n) is 20.4. The highest BCUT2D eigenvalue weighted by Gasteiger charge is 2.47. The fourth-order valence-electron chi connectivity index (χ4n) is 4.99. The van der Waals surface area contributed by atoms with Crippen molar-refractivity contribution >= 4 is 34.0 Å². The van der Waals surface area contributed by atoms with Crippen molar-refractivity contribution < 1.29 is 27.5 Å². The number of aromatic nitrogens is 2. The number of thiophene rings is 1. The first-order valence-corrected chi connectivity index (χ1v) is 13.1. The van der Waals surface area contributed by atoms with E-state index in [1.54, 1.807) is 19.1 Å². The number of halogens is 3. The topological polar surface area (TPSA) is 85.2 Å². The Balaban J connectivity index is 1.49. The quantitative estimate of drug-likeness (QED) is 0.381. The number of nitrogens with zero attached hydrogens (tertiary/aromatic N) is 2. The first-order valence-electron chi connectivity index (χ1n) is 12.3. The molecule has 3 heterocycles. The van der Waals surface area contributed by atoms with E-state index in [2.05, 4.69) is 15.7 Å². The Hall–Kier alpha value is -3.34. The normalized spacial score (nSPS) is 18.9. The summed E-state index contributed by atoms with van der Waals surface area (Å²) in [4.78, 5) is 27.2. The number of anilines is 2. The number of rotatable bonds is 5. The van der Waals surface area contributed by atoms with E-state index in [1.807, 2.05) is 19.1 Å². The lowest BCUT2D eigenvalue weighted by Crippen LogP contribution is -2.36. The van der Waals surface area contributed by atoms with Crippen molar-refractivity contribution in [3.8, 4) is 0 Å². The molecule has 11 heteroatoms. The van der Waals surface area contributed by atoms with Gasteiger partial charge in [-0.2, -0.15) is 18.3 Å². The maximum Gasteiger partial charge on any atom is 0.410 e. The predicted octanol–water partition coefficient (Wildman–Crippen LogP) is 6.22. The van der Waals surface area contributed by atoms with Crippen LogP contribution < -0.4 is 10.6 Å². The van der Waals surface area contributed by atoms with Gasteiger partial charge in [-0.3, -0.25) is 4.79 Å². The number of amides is 1. The summed E-state index contributed by atoms with van der Waals surface area (Å²) in [6.45, 7) is 3.80. The molecule has 37 heavy (non-hydrogen) atoms. The molecule has 0 saturated heterocycles. The molecule has 0 spiro atoms. The fraction of sp³-hybridized carbons (Fsp3) is 0.423. The molecule has 1 aromatic carbocycles. The second-order valence-corrected chi connectivity index (χ2v) is 10.4. The molecular weight excluding hydrogens is 505 g/mol. The summed E-state index contributed by atoms with van der Waals surface area (Å²) in [5, 5.41) is 10.2. The minimum absolute atomic E-state index is 0.00402. The Morgan fingerprint density at radius 2 is 1.95 bits per heavy atom. The minimum Gasteiger partial charge on any atom is -0.462 e. The minimum atomic E-state index is -4.55. The van der Waals surface area contributed by atoms with E-state index in [-0.39, 0.29) is 24.4 Å². The second kappa shape index (κ2) is 9.85. The lowest BCUT2D eigenvalue weighted by molar-refractivity contribution is -0.173. The maximum atomic E-state index is 14.0. The molecule has 1 aliphatic carbocycles. The SMILES string of the molecule is CCOC(=O)c1c(NC(=O)c2cnn3c2N[C@@H](c2ccc(C)cc2)C[C@@H]3C(F)(F)F)sc2c1CCCC2. The second-order valence-electron chi connectivity index (χ2n) is 9.34. The third kappa shape index (κ3) is 4.84. The molecule has 2 atom stereocenters. The molecule has 0 saturated carbocycles. The van der Waals surface area contributed by atoms with E-state index in [9.17, 15) is 22.8 Å². The predicted molar refractivity (Wildman–Crippen MR) is 134 cm³/mol. The summed E-state index contributed by atoms with van der Waals surface area (Å²) in [5.74, 6) is -1.15. The summed E-state index contributed by atoms with van der Waals surface area (Å²) in [6, 6.07) is 4.71. The van der Waals surface area contributed by atoms with Crippen LogP contribution in [0.25, 0.3) is 0 Å². The van der Waals surface area contributed by atoms with Gasteiger partial charge >= 0.3 is 12.1 Å². The van der Waals surface area contributed by atoms with E-state index < -0.39 is 30.1 Å². The van der Waals surface area contributed by atoms with Crippen LogP contribution in [-0.4, -0.2) is 34.4 Å². The van der Waals surface area contributed by atoms with Crippen molar-refractivity contribution in [2.75, 3.05) is 17.2 Å². The van der Waals surface area contributed by atoms with Crippen LogP contribution in [0, 0.1) is 6.92 Å². The van der Waals surface area contributed by atoms with Gasteiger partial charge in [-0.1, -0.05) is 29.8 Å². The highest BCUT2D eigenvalue weighted by atomic mass is 32.1. The van der Waals surface area contributed by atoms with Crippen molar-refractivity contribution in [1.82, 2.24) is 9.78 Å². The average molecular weight is 533 g/mol. The molecule has 0 radical (unpaired) electrons. The van der Waals surface area contributed by atoms with Gasteiger partial charge < -0.3 is 15.4 Å². The maximum absolute atomic E-state index is 14.0. The molecule has 2 aliphatic rings. The third-order valence-electron chi connectivity index (χ3n) is 6.84. The number of hydrogen-bond acceptors (Lipinski definition) is 6. The highest BCUT2D eigenvalue weighted by Crippen LogP contribution is 2.45. The van der Waals surface area contributed by atoms with E-state index in [0.29, 0.717) is 22.5 Å². The van der Waals surface area contributed by atoms with Crippen LogP contribution in [0.1, 0.15) is 80.6 Å². The Morgan fingerprint density at radius 3 is 2.65 bits per heavy atom. The fourth-order valence-corrected chi connectivity index (χ4v) is 6.26. The van der Waals surface area contributed by atoms with Gasteiger partial charge in [0.2, 0.25) is 0 Å². The summed E-state index contributed by atoms with van der Waals surface area (Å²) < 4.78 is 48.2. The highest BCUT2D eigenvalue weighted by molar-refractivity contribution is 7.17. The first kappa shape index (κ1) is 25.3. The zero-order valence-corrected chi connectivity index (χ0v) is 21.3. The van der Waals surface area contributed by atoms with Gasteiger partial charge in [-0.25, -0.2) is 9.48 Å². The van der Waals surface area contributed by atoms with Crippen LogP contribution in [0.15, 0.2) is 30.5 Å². The van der Waals surface area contributed by atoms with E-state index in [1.165, 1.54) is 11.3 Å². The molecule has 0 unspecified atom stereocenters.